The van der Waals surface area contributed by atoms with Gasteiger partial charge in [-0.3, -0.25) is 14.4 Å². The molecule has 186 valence electrons. The number of nitrogens with one attached hydrogen (secondary N) is 1. The molecule has 7 nitrogen and oxygen atoms in total. The van der Waals surface area contributed by atoms with Crippen molar-refractivity contribution in [3.63, 3.8) is 0 Å². The van der Waals surface area contributed by atoms with Gasteiger partial charge in [-0.25, -0.2) is 4.39 Å². The molecule has 5 rings (SSSR count). The standard InChI is InChI=1S/C28H26FNO6/c1-34-24-14-16(8-13-21(24)35-15-25(33)30-18-11-9-17(29)10-12-18)26-27-19(31)4-2-6-22(27)36-23-7-3-5-20(32)28(23)26/h8-14,26H,2-7,15H2,1H3,(H,30,33). The second-order valence-corrected chi connectivity index (χ2v) is 9.02. The van der Waals surface area contributed by atoms with Gasteiger partial charge in [0.1, 0.15) is 17.3 Å². The van der Waals surface area contributed by atoms with E-state index in [9.17, 15) is 18.8 Å². The first kappa shape index (κ1) is 23.8. The number of allylic oxidation sites excluding steroid dienone is 4. The van der Waals surface area contributed by atoms with Crippen LogP contribution in [0.2, 0.25) is 0 Å². The highest BCUT2D eigenvalue weighted by Crippen LogP contribution is 2.48. The molecule has 1 N–H and O–H groups in total. The molecule has 8 heteroatoms. The first-order chi connectivity index (χ1) is 17.4. The molecule has 1 heterocycles. The summed E-state index contributed by atoms with van der Waals surface area (Å²) in [5.41, 5.74) is 2.31. The number of anilines is 1. The molecule has 36 heavy (non-hydrogen) atoms. The van der Waals surface area contributed by atoms with E-state index >= 15 is 0 Å². The molecule has 0 aromatic heterocycles. The van der Waals surface area contributed by atoms with Crippen LogP contribution in [0.5, 0.6) is 11.5 Å². The maximum absolute atomic E-state index is 13.1. The van der Waals surface area contributed by atoms with Gasteiger partial charge in [0.2, 0.25) is 0 Å². The summed E-state index contributed by atoms with van der Waals surface area (Å²) in [6.45, 7) is -0.286. The number of amides is 1. The topological polar surface area (TPSA) is 90.9 Å². The number of ether oxygens (including phenoxy) is 3. The van der Waals surface area contributed by atoms with E-state index in [0.29, 0.717) is 65.5 Å². The lowest BCUT2D eigenvalue weighted by Crippen LogP contribution is -2.30. The largest absolute Gasteiger partial charge is 0.493 e. The van der Waals surface area contributed by atoms with E-state index in [-0.39, 0.29) is 18.2 Å². The van der Waals surface area contributed by atoms with E-state index in [2.05, 4.69) is 5.32 Å². The van der Waals surface area contributed by atoms with E-state index < -0.39 is 17.6 Å². The number of halogens is 1. The average Bonchev–Trinajstić information content (AvgIpc) is 2.88. The van der Waals surface area contributed by atoms with E-state index in [1.165, 1.54) is 31.4 Å². The van der Waals surface area contributed by atoms with Crippen molar-refractivity contribution in [2.45, 2.75) is 44.4 Å². The molecule has 3 aliphatic rings. The van der Waals surface area contributed by atoms with Crippen LogP contribution < -0.4 is 14.8 Å². The van der Waals surface area contributed by atoms with Gasteiger partial charge in [0.15, 0.2) is 29.7 Å². The van der Waals surface area contributed by atoms with Crippen LogP contribution in [0, 0.1) is 5.82 Å². The highest BCUT2D eigenvalue weighted by molar-refractivity contribution is 6.05. The number of Topliss-reactive ketones (excluding diaryl/α,β-unsaturated/α-hetero) is 2. The molecule has 0 bridgehead atoms. The van der Waals surface area contributed by atoms with Crippen molar-refractivity contribution in [2.75, 3.05) is 19.0 Å². The lowest BCUT2D eigenvalue weighted by molar-refractivity contribution is -0.119. The third-order valence-electron chi connectivity index (χ3n) is 6.65. The van der Waals surface area contributed by atoms with E-state index in [1.807, 2.05) is 0 Å². The fraction of sp³-hybridized carbons (Fsp3) is 0.321. The first-order valence-corrected chi connectivity index (χ1v) is 12.0. The number of benzene rings is 2. The Bertz CT molecular complexity index is 1250. The zero-order valence-corrected chi connectivity index (χ0v) is 19.9. The van der Waals surface area contributed by atoms with Crippen molar-refractivity contribution < 1.29 is 33.0 Å². The van der Waals surface area contributed by atoms with Crippen molar-refractivity contribution in [1.29, 1.82) is 0 Å². The lowest BCUT2D eigenvalue weighted by Gasteiger charge is -2.36. The van der Waals surface area contributed by atoms with Crippen LogP contribution in [0.25, 0.3) is 0 Å². The molecule has 0 spiro atoms. The second kappa shape index (κ2) is 9.97. The van der Waals surface area contributed by atoms with Crippen molar-refractivity contribution in [1.82, 2.24) is 0 Å². The smallest absolute Gasteiger partial charge is 0.262 e. The SMILES string of the molecule is COc1cc(C2C3=C(CCCC3=O)OC3=C2C(=O)CCC3)ccc1OCC(=O)Nc1ccc(F)cc1. The summed E-state index contributed by atoms with van der Waals surface area (Å²) in [6.07, 6.45) is 3.66. The van der Waals surface area contributed by atoms with Crippen molar-refractivity contribution in [2.24, 2.45) is 0 Å². The molecular formula is C28H26FNO6. The molecule has 0 radical (unpaired) electrons. The molecule has 0 unspecified atom stereocenters. The molecule has 0 atom stereocenters. The van der Waals surface area contributed by atoms with Crippen LogP contribution >= 0.6 is 0 Å². The fourth-order valence-corrected chi connectivity index (χ4v) is 5.01. The lowest BCUT2D eigenvalue weighted by atomic mass is 9.73. The number of carbonyl (C=O) groups is 3. The zero-order valence-electron chi connectivity index (χ0n) is 19.9. The van der Waals surface area contributed by atoms with E-state index in [1.54, 1.807) is 18.2 Å². The van der Waals surface area contributed by atoms with Gasteiger partial charge in [-0.1, -0.05) is 6.07 Å². The molecule has 0 fully saturated rings. The Labute approximate surface area is 207 Å². The minimum atomic E-state index is -0.505. The van der Waals surface area contributed by atoms with Crippen molar-refractivity contribution in [3.8, 4) is 11.5 Å². The molecule has 2 aromatic rings. The normalized spacial score (nSPS) is 17.8. The Hall–Kier alpha value is -3.94. The maximum Gasteiger partial charge on any atom is 0.262 e. The van der Waals surface area contributed by atoms with Crippen LogP contribution in [-0.4, -0.2) is 31.2 Å². The van der Waals surface area contributed by atoms with Gasteiger partial charge in [0.05, 0.1) is 7.11 Å². The molecule has 0 saturated heterocycles. The summed E-state index contributed by atoms with van der Waals surface area (Å²) in [5.74, 6) is 0.750. The Morgan fingerprint density at radius 2 is 1.58 bits per heavy atom. The quantitative estimate of drug-likeness (QED) is 0.613. The van der Waals surface area contributed by atoms with Gasteiger partial charge < -0.3 is 19.5 Å². The Morgan fingerprint density at radius 1 is 0.944 bits per heavy atom. The minimum Gasteiger partial charge on any atom is -0.493 e. The van der Waals surface area contributed by atoms with Crippen LogP contribution in [-0.2, 0) is 19.1 Å². The molecule has 2 aliphatic carbocycles. The van der Waals surface area contributed by atoms with Crippen LogP contribution in [0.4, 0.5) is 10.1 Å². The van der Waals surface area contributed by atoms with Gasteiger partial charge in [-0.15, -0.1) is 0 Å². The predicted molar refractivity (Wildman–Crippen MR) is 129 cm³/mol. The highest BCUT2D eigenvalue weighted by Gasteiger charge is 2.41. The van der Waals surface area contributed by atoms with Crippen LogP contribution in [0.15, 0.2) is 65.1 Å². The highest BCUT2D eigenvalue weighted by atomic mass is 19.1. The fourth-order valence-electron chi connectivity index (χ4n) is 5.01. The van der Waals surface area contributed by atoms with Crippen LogP contribution in [0.3, 0.4) is 0 Å². The molecule has 2 aromatic carbocycles. The minimum absolute atomic E-state index is 0.00271. The zero-order chi connectivity index (χ0) is 25.2. The number of methoxy groups -OCH3 is 1. The van der Waals surface area contributed by atoms with Crippen molar-refractivity contribution in [3.05, 3.63) is 76.5 Å². The van der Waals surface area contributed by atoms with Gasteiger partial charge in [0, 0.05) is 48.4 Å². The maximum atomic E-state index is 13.1. The van der Waals surface area contributed by atoms with Gasteiger partial charge >= 0.3 is 0 Å². The monoisotopic (exact) mass is 491 g/mol. The first-order valence-electron chi connectivity index (χ1n) is 12.0. The Morgan fingerprint density at radius 3 is 2.19 bits per heavy atom. The number of rotatable bonds is 6. The Kier molecular flexibility index (Phi) is 6.59. The number of carbonyl (C=O) groups excluding carboxylic acids is 3. The van der Waals surface area contributed by atoms with Crippen LogP contribution in [0.1, 0.15) is 50.0 Å². The van der Waals surface area contributed by atoms with Gasteiger partial charge in [0.25, 0.3) is 5.91 Å². The van der Waals surface area contributed by atoms with Gasteiger partial charge in [-0.05, 0) is 54.8 Å². The number of hydrogen-bond acceptors (Lipinski definition) is 6. The predicted octanol–water partition coefficient (Wildman–Crippen LogP) is 4.98. The summed E-state index contributed by atoms with van der Waals surface area (Å²) >= 11 is 0. The summed E-state index contributed by atoms with van der Waals surface area (Å²) in [6, 6.07) is 10.7. The average molecular weight is 492 g/mol. The Balaban J connectivity index is 1.40. The van der Waals surface area contributed by atoms with E-state index in [0.717, 1.165) is 18.4 Å². The third-order valence-corrected chi connectivity index (χ3v) is 6.65. The molecule has 1 amide bonds. The summed E-state index contributed by atoms with van der Waals surface area (Å²) in [4.78, 5) is 38.2. The van der Waals surface area contributed by atoms with Gasteiger partial charge in [-0.2, -0.15) is 0 Å². The third kappa shape index (κ3) is 4.63. The summed E-state index contributed by atoms with van der Waals surface area (Å²) in [7, 11) is 1.49. The summed E-state index contributed by atoms with van der Waals surface area (Å²) < 4.78 is 30.4. The summed E-state index contributed by atoms with van der Waals surface area (Å²) in [5, 5.41) is 2.64. The molecule has 1 aliphatic heterocycles. The number of hydrogen-bond donors (Lipinski definition) is 1. The number of ketones is 2. The molecule has 0 saturated carbocycles. The van der Waals surface area contributed by atoms with Crippen molar-refractivity contribution >= 4 is 23.2 Å². The second-order valence-electron chi connectivity index (χ2n) is 9.02. The van der Waals surface area contributed by atoms with E-state index in [4.69, 9.17) is 14.2 Å². The molecular weight excluding hydrogens is 465 g/mol.